The van der Waals surface area contributed by atoms with Gasteiger partial charge < -0.3 is 20.5 Å². The largest absolute Gasteiger partial charge is 0.489 e. The number of nitrogens with two attached hydrogens (primary N) is 1. The molecule has 6 heteroatoms. The van der Waals surface area contributed by atoms with E-state index in [1.807, 2.05) is 0 Å². The molecule has 2 rings (SSSR count). The highest BCUT2D eigenvalue weighted by atomic mass is 35.5. The minimum absolute atomic E-state index is 0.150. The molecule has 0 aromatic heterocycles. The molecule has 0 spiro atoms. The Labute approximate surface area is 97.5 Å². The Morgan fingerprint density at radius 3 is 3.06 bits per heavy atom. The van der Waals surface area contributed by atoms with Gasteiger partial charge in [-0.1, -0.05) is 11.6 Å². The summed E-state index contributed by atoms with van der Waals surface area (Å²) in [5.41, 5.74) is 5.50. The number of carbonyl (C=O) groups is 1. The van der Waals surface area contributed by atoms with Crippen molar-refractivity contribution >= 4 is 23.3 Å². The van der Waals surface area contributed by atoms with Crippen molar-refractivity contribution in [1.82, 2.24) is 0 Å². The van der Waals surface area contributed by atoms with Crippen molar-refractivity contribution < 1.29 is 14.3 Å². The molecule has 2 amide bonds. The lowest BCUT2D eigenvalue weighted by Crippen LogP contribution is -2.20. The van der Waals surface area contributed by atoms with E-state index < -0.39 is 6.03 Å². The lowest BCUT2D eigenvalue weighted by Gasteiger charge is -2.10. The Kier molecular flexibility index (Phi) is 3.17. The monoisotopic (exact) mass is 242 g/mol. The maximum absolute atomic E-state index is 10.8. The molecule has 1 atom stereocenters. The quantitative estimate of drug-likeness (QED) is 0.788. The molecule has 1 heterocycles. The molecule has 0 radical (unpaired) electrons. The summed E-state index contributed by atoms with van der Waals surface area (Å²) >= 11 is 5.80. The van der Waals surface area contributed by atoms with Gasteiger partial charge in [0.05, 0.1) is 12.3 Å². The van der Waals surface area contributed by atoms with Crippen LogP contribution in [0.3, 0.4) is 0 Å². The average Bonchev–Trinajstić information content (AvgIpc) is 2.99. The van der Waals surface area contributed by atoms with Crippen LogP contribution in [0.2, 0.25) is 5.02 Å². The van der Waals surface area contributed by atoms with Crippen molar-refractivity contribution in [3.63, 3.8) is 0 Å². The molecule has 0 bridgehead atoms. The van der Waals surface area contributed by atoms with Gasteiger partial charge in [0.15, 0.2) is 0 Å². The Morgan fingerprint density at radius 1 is 1.69 bits per heavy atom. The highest BCUT2D eigenvalue weighted by Crippen LogP contribution is 2.28. The third-order valence-electron chi connectivity index (χ3n) is 2.03. The van der Waals surface area contributed by atoms with Gasteiger partial charge in [-0.2, -0.15) is 0 Å². The number of benzene rings is 1. The number of halogens is 1. The van der Waals surface area contributed by atoms with Crippen molar-refractivity contribution in [2.24, 2.45) is 5.73 Å². The molecule has 1 fully saturated rings. The summed E-state index contributed by atoms with van der Waals surface area (Å²) in [6, 6.07) is 4.28. The molecular weight excluding hydrogens is 232 g/mol. The molecule has 86 valence electrons. The summed E-state index contributed by atoms with van der Waals surface area (Å²) < 4.78 is 10.5. The number of ether oxygens (including phenoxy) is 2. The van der Waals surface area contributed by atoms with E-state index in [0.717, 1.165) is 0 Å². The summed E-state index contributed by atoms with van der Waals surface area (Å²) in [6.07, 6.45) is 0.150. The highest BCUT2D eigenvalue weighted by molar-refractivity contribution is 6.31. The number of rotatable bonds is 4. The van der Waals surface area contributed by atoms with Gasteiger partial charge in [-0.15, -0.1) is 0 Å². The zero-order valence-electron chi connectivity index (χ0n) is 8.40. The number of primary amides is 1. The fraction of sp³-hybridized carbons (Fsp3) is 0.300. The van der Waals surface area contributed by atoms with Gasteiger partial charge in [-0.3, -0.25) is 0 Å². The van der Waals surface area contributed by atoms with E-state index in [9.17, 15) is 4.79 Å². The second kappa shape index (κ2) is 4.59. The van der Waals surface area contributed by atoms with E-state index in [2.05, 4.69) is 5.32 Å². The Bertz CT molecular complexity index is 407. The van der Waals surface area contributed by atoms with Crippen LogP contribution in [0.4, 0.5) is 10.5 Å². The lowest BCUT2D eigenvalue weighted by molar-refractivity contribution is 0.257. The molecule has 1 aromatic carbocycles. The molecule has 1 aliphatic rings. The first-order valence-electron chi connectivity index (χ1n) is 4.75. The van der Waals surface area contributed by atoms with Gasteiger partial charge in [0.2, 0.25) is 0 Å². The Morgan fingerprint density at radius 2 is 2.44 bits per heavy atom. The number of nitrogens with one attached hydrogen (secondary N) is 1. The van der Waals surface area contributed by atoms with Gasteiger partial charge in [0.25, 0.3) is 0 Å². The highest BCUT2D eigenvalue weighted by Gasteiger charge is 2.23. The van der Waals surface area contributed by atoms with Gasteiger partial charge in [-0.25, -0.2) is 4.79 Å². The van der Waals surface area contributed by atoms with Crippen LogP contribution < -0.4 is 15.8 Å². The van der Waals surface area contributed by atoms with Crippen molar-refractivity contribution in [3.05, 3.63) is 23.2 Å². The van der Waals surface area contributed by atoms with Crippen LogP contribution in [-0.2, 0) is 4.74 Å². The maximum Gasteiger partial charge on any atom is 0.316 e. The van der Waals surface area contributed by atoms with Crippen LogP contribution in [0.1, 0.15) is 0 Å². The van der Waals surface area contributed by atoms with E-state index in [1.165, 1.54) is 0 Å². The van der Waals surface area contributed by atoms with E-state index in [0.29, 0.717) is 29.7 Å². The molecule has 16 heavy (non-hydrogen) atoms. The molecule has 0 aliphatic carbocycles. The van der Waals surface area contributed by atoms with Gasteiger partial charge in [0, 0.05) is 5.02 Å². The third-order valence-corrected chi connectivity index (χ3v) is 2.26. The standard InChI is InChI=1S/C10H11ClN2O3/c11-6-1-2-9(16-5-7-4-15-7)8(3-6)13-10(12)14/h1-3,7H,4-5H2,(H3,12,13,14)/t7-/m0/s1. The molecule has 0 unspecified atom stereocenters. The van der Waals surface area contributed by atoms with Crippen LogP contribution in [0.25, 0.3) is 0 Å². The predicted octanol–water partition coefficient (Wildman–Crippen LogP) is 1.61. The fourth-order valence-corrected chi connectivity index (χ4v) is 1.38. The summed E-state index contributed by atoms with van der Waals surface area (Å²) in [6.45, 7) is 1.17. The molecule has 5 nitrogen and oxygen atoms in total. The number of amides is 2. The van der Waals surface area contributed by atoms with Gasteiger partial charge >= 0.3 is 6.03 Å². The summed E-state index contributed by atoms with van der Waals surface area (Å²) in [7, 11) is 0. The van der Waals surface area contributed by atoms with Crippen LogP contribution in [0, 0.1) is 0 Å². The normalized spacial score (nSPS) is 17.9. The first-order valence-corrected chi connectivity index (χ1v) is 5.13. The molecular formula is C10H11ClN2O3. The van der Waals surface area contributed by atoms with Crippen molar-refractivity contribution in [2.75, 3.05) is 18.5 Å². The van der Waals surface area contributed by atoms with Crippen molar-refractivity contribution in [2.45, 2.75) is 6.10 Å². The molecule has 0 saturated carbocycles. The summed E-state index contributed by atoms with van der Waals surface area (Å²) in [4.78, 5) is 10.8. The Hall–Kier alpha value is -1.46. The summed E-state index contributed by atoms with van der Waals surface area (Å²) in [5.74, 6) is 0.527. The second-order valence-corrected chi connectivity index (χ2v) is 3.83. The van der Waals surface area contributed by atoms with Crippen LogP contribution in [0.15, 0.2) is 18.2 Å². The van der Waals surface area contributed by atoms with Crippen molar-refractivity contribution in [1.29, 1.82) is 0 Å². The van der Waals surface area contributed by atoms with Crippen molar-refractivity contribution in [3.8, 4) is 5.75 Å². The number of hydrogen-bond acceptors (Lipinski definition) is 3. The smallest absolute Gasteiger partial charge is 0.316 e. The number of epoxide rings is 1. The minimum atomic E-state index is -0.658. The van der Waals surface area contributed by atoms with E-state index >= 15 is 0 Å². The molecule has 1 saturated heterocycles. The average molecular weight is 243 g/mol. The maximum atomic E-state index is 10.8. The van der Waals surface area contributed by atoms with E-state index in [4.69, 9.17) is 26.8 Å². The van der Waals surface area contributed by atoms with Gasteiger partial charge in [-0.05, 0) is 18.2 Å². The molecule has 3 N–H and O–H groups in total. The number of hydrogen-bond donors (Lipinski definition) is 2. The number of anilines is 1. The topological polar surface area (TPSA) is 76.9 Å². The SMILES string of the molecule is NC(=O)Nc1cc(Cl)ccc1OC[C@@H]1CO1. The van der Waals surface area contributed by atoms with Crippen LogP contribution in [-0.4, -0.2) is 25.3 Å². The zero-order valence-corrected chi connectivity index (χ0v) is 9.16. The number of carbonyl (C=O) groups excluding carboxylic acids is 1. The number of urea groups is 1. The first kappa shape index (κ1) is 11.0. The van der Waals surface area contributed by atoms with Gasteiger partial charge in [0.1, 0.15) is 18.5 Å². The Balaban J connectivity index is 2.09. The van der Waals surface area contributed by atoms with E-state index in [-0.39, 0.29) is 6.10 Å². The van der Waals surface area contributed by atoms with Crippen LogP contribution >= 0.6 is 11.6 Å². The molecule has 1 aliphatic heterocycles. The second-order valence-electron chi connectivity index (χ2n) is 3.40. The van der Waals surface area contributed by atoms with E-state index in [1.54, 1.807) is 18.2 Å². The fourth-order valence-electron chi connectivity index (χ4n) is 1.21. The predicted molar refractivity (Wildman–Crippen MR) is 59.9 cm³/mol. The zero-order chi connectivity index (χ0) is 11.5. The third kappa shape index (κ3) is 3.01. The lowest BCUT2D eigenvalue weighted by atomic mass is 10.3. The first-order chi connectivity index (χ1) is 7.65. The van der Waals surface area contributed by atoms with Crippen LogP contribution in [0.5, 0.6) is 5.75 Å². The minimum Gasteiger partial charge on any atom is -0.489 e. The summed E-state index contributed by atoms with van der Waals surface area (Å²) in [5, 5.41) is 2.95. The molecule has 1 aromatic rings.